The third-order valence-corrected chi connectivity index (χ3v) is 6.07. The predicted octanol–water partition coefficient (Wildman–Crippen LogP) is 2.39. The van der Waals surface area contributed by atoms with Crippen LogP contribution in [-0.4, -0.2) is 75.5 Å². The molecule has 0 saturated carbocycles. The third-order valence-electron chi connectivity index (χ3n) is 6.07. The van der Waals surface area contributed by atoms with Crippen molar-refractivity contribution in [1.82, 2.24) is 35.1 Å². The van der Waals surface area contributed by atoms with Gasteiger partial charge in [0, 0.05) is 45.1 Å². The van der Waals surface area contributed by atoms with E-state index >= 15 is 0 Å². The van der Waals surface area contributed by atoms with E-state index in [4.69, 9.17) is 9.47 Å². The second-order valence-electron chi connectivity index (χ2n) is 8.08. The lowest BCUT2D eigenvalue weighted by Gasteiger charge is -2.38. The summed E-state index contributed by atoms with van der Waals surface area (Å²) in [4.78, 5) is 13.5. The Hall–Kier alpha value is -3.27. The number of anilines is 1. The number of nitrogens with zero attached hydrogens (tertiary/aromatic N) is 8. The lowest BCUT2D eigenvalue weighted by Crippen LogP contribution is -2.48. The van der Waals surface area contributed by atoms with Crippen LogP contribution in [0.4, 0.5) is 5.95 Å². The number of hydrogen-bond donors (Lipinski definition) is 0. The highest BCUT2D eigenvalue weighted by molar-refractivity contribution is 5.42. The number of piperazine rings is 1. The second kappa shape index (κ2) is 11.0. The molecule has 1 unspecified atom stereocenters. The van der Waals surface area contributed by atoms with Gasteiger partial charge in [-0.05, 0) is 47.0 Å². The standard InChI is InChI=1S/C23H32N8O2/c1-4-6-19(29-13-15-30(16-14-29)23-24-10-5-11-25-23)22-26-27-28-31(22)12-9-18-7-8-20(32-2)21(17-18)33-3/h5,7-8,10-11,17,19H,4,6,9,12-16H2,1-3H3. The van der Waals surface area contributed by atoms with Gasteiger partial charge in [0.2, 0.25) is 5.95 Å². The minimum Gasteiger partial charge on any atom is -0.493 e. The van der Waals surface area contributed by atoms with Crippen molar-refractivity contribution in [2.75, 3.05) is 45.3 Å². The summed E-state index contributed by atoms with van der Waals surface area (Å²) >= 11 is 0. The zero-order valence-electron chi connectivity index (χ0n) is 19.6. The van der Waals surface area contributed by atoms with Gasteiger partial charge in [-0.2, -0.15) is 0 Å². The van der Waals surface area contributed by atoms with Crippen molar-refractivity contribution in [1.29, 1.82) is 0 Å². The van der Waals surface area contributed by atoms with Crippen LogP contribution >= 0.6 is 0 Å². The summed E-state index contributed by atoms with van der Waals surface area (Å²) in [5.74, 6) is 3.19. The van der Waals surface area contributed by atoms with Gasteiger partial charge in [-0.3, -0.25) is 4.90 Å². The fourth-order valence-corrected chi connectivity index (χ4v) is 4.32. The van der Waals surface area contributed by atoms with E-state index in [1.165, 1.54) is 0 Å². The van der Waals surface area contributed by atoms with Crippen molar-refractivity contribution in [3.8, 4) is 11.5 Å². The number of benzene rings is 1. The molecule has 3 aromatic rings. The zero-order chi connectivity index (χ0) is 23.0. The van der Waals surface area contributed by atoms with Gasteiger partial charge in [-0.1, -0.05) is 19.4 Å². The van der Waals surface area contributed by atoms with Crippen LogP contribution in [0, 0.1) is 0 Å². The minimum absolute atomic E-state index is 0.189. The van der Waals surface area contributed by atoms with Crippen LogP contribution in [-0.2, 0) is 13.0 Å². The Balaban J connectivity index is 1.43. The molecule has 1 aliphatic heterocycles. The van der Waals surface area contributed by atoms with Gasteiger partial charge in [-0.15, -0.1) is 5.10 Å². The summed E-state index contributed by atoms with van der Waals surface area (Å²) in [6, 6.07) is 8.04. The van der Waals surface area contributed by atoms with Gasteiger partial charge in [-0.25, -0.2) is 14.6 Å². The van der Waals surface area contributed by atoms with E-state index in [2.05, 4.69) is 48.3 Å². The van der Waals surface area contributed by atoms with Crippen LogP contribution in [0.1, 0.15) is 37.2 Å². The Labute approximate surface area is 194 Å². The fraction of sp³-hybridized carbons (Fsp3) is 0.522. The largest absolute Gasteiger partial charge is 0.493 e. The minimum atomic E-state index is 0.189. The summed E-state index contributed by atoms with van der Waals surface area (Å²) in [6.07, 6.45) is 6.46. The zero-order valence-corrected chi connectivity index (χ0v) is 19.6. The average Bonchev–Trinajstić information content (AvgIpc) is 3.34. The van der Waals surface area contributed by atoms with Crippen LogP contribution < -0.4 is 14.4 Å². The maximum Gasteiger partial charge on any atom is 0.225 e. The van der Waals surface area contributed by atoms with Crippen LogP contribution in [0.3, 0.4) is 0 Å². The average molecular weight is 453 g/mol. The number of methoxy groups -OCH3 is 2. The molecule has 33 heavy (non-hydrogen) atoms. The summed E-state index contributed by atoms with van der Waals surface area (Å²) in [6.45, 7) is 6.53. The van der Waals surface area contributed by atoms with E-state index in [9.17, 15) is 0 Å². The van der Waals surface area contributed by atoms with Crippen molar-refractivity contribution in [3.05, 3.63) is 48.0 Å². The Morgan fingerprint density at radius 2 is 1.76 bits per heavy atom. The molecule has 2 aromatic heterocycles. The molecular formula is C23H32N8O2. The third kappa shape index (κ3) is 5.39. The first-order valence-corrected chi connectivity index (χ1v) is 11.5. The number of aromatic nitrogens is 6. The van der Waals surface area contributed by atoms with Crippen LogP contribution in [0.5, 0.6) is 11.5 Å². The van der Waals surface area contributed by atoms with Gasteiger partial charge in [0.1, 0.15) is 0 Å². The van der Waals surface area contributed by atoms with E-state index in [0.29, 0.717) is 6.54 Å². The molecule has 1 fully saturated rings. The molecule has 1 saturated heterocycles. The maximum atomic E-state index is 5.44. The highest BCUT2D eigenvalue weighted by atomic mass is 16.5. The van der Waals surface area contributed by atoms with Gasteiger partial charge in [0.25, 0.3) is 0 Å². The molecule has 1 atom stereocenters. The molecule has 0 bridgehead atoms. The second-order valence-corrected chi connectivity index (χ2v) is 8.08. The lowest BCUT2D eigenvalue weighted by atomic mass is 10.1. The SMILES string of the molecule is CCCC(c1nnnn1CCc1ccc(OC)c(OC)c1)N1CCN(c2ncccn2)CC1. The molecule has 10 heteroatoms. The maximum absolute atomic E-state index is 5.44. The molecule has 0 radical (unpaired) electrons. The smallest absolute Gasteiger partial charge is 0.225 e. The van der Waals surface area contributed by atoms with Crippen molar-refractivity contribution in [3.63, 3.8) is 0 Å². The van der Waals surface area contributed by atoms with E-state index < -0.39 is 0 Å². The number of tetrazole rings is 1. The molecule has 0 amide bonds. The quantitative estimate of drug-likeness (QED) is 0.459. The summed E-state index contributed by atoms with van der Waals surface area (Å²) in [5.41, 5.74) is 1.15. The Morgan fingerprint density at radius 3 is 2.45 bits per heavy atom. The van der Waals surface area contributed by atoms with Crippen LogP contribution in [0.25, 0.3) is 0 Å². The van der Waals surface area contributed by atoms with Gasteiger partial charge >= 0.3 is 0 Å². The van der Waals surface area contributed by atoms with Crippen LogP contribution in [0.15, 0.2) is 36.7 Å². The number of aryl methyl sites for hydroxylation is 2. The van der Waals surface area contributed by atoms with Crippen LogP contribution in [0.2, 0.25) is 0 Å². The molecule has 0 N–H and O–H groups in total. The van der Waals surface area contributed by atoms with Gasteiger partial charge < -0.3 is 14.4 Å². The fourth-order valence-electron chi connectivity index (χ4n) is 4.32. The van der Waals surface area contributed by atoms with E-state index in [1.54, 1.807) is 26.6 Å². The summed E-state index contributed by atoms with van der Waals surface area (Å²) in [5, 5.41) is 12.8. The molecule has 1 aliphatic rings. The first-order valence-electron chi connectivity index (χ1n) is 11.5. The monoisotopic (exact) mass is 452 g/mol. The highest BCUT2D eigenvalue weighted by Gasteiger charge is 2.29. The molecule has 176 valence electrons. The number of rotatable bonds is 10. The first kappa shape index (κ1) is 22.9. The van der Waals surface area contributed by atoms with E-state index in [-0.39, 0.29) is 6.04 Å². The molecule has 10 nitrogen and oxygen atoms in total. The Kier molecular flexibility index (Phi) is 7.66. The summed E-state index contributed by atoms with van der Waals surface area (Å²) in [7, 11) is 3.30. The molecule has 4 rings (SSSR count). The van der Waals surface area contributed by atoms with Crippen molar-refractivity contribution >= 4 is 5.95 Å². The van der Waals surface area contributed by atoms with Crippen molar-refractivity contribution < 1.29 is 9.47 Å². The molecule has 0 aliphatic carbocycles. The van der Waals surface area contributed by atoms with Crippen molar-refractivity contribution in [2.24, 2.45) is 0 Å². The Morgan fingerprint density at radius 1 is 1.00 bits per heavy atom. The predicted molar refractivity (Wildman–Crippen MR) is 125 cm³/mol. The first-order chi connectivity index (χ1) is 16.2. The van der Waals surface area contributed by atoms with Gasteiger partial charge in [0.15, 0.2) is 17.3 Å². The number of hydrogen-bond acceptors (Lipinski definition) is 9. The summed E-state index contributed by atoms with van der Waals surface area (Å²) < 4.78 is 12.7. The molecule has 1 aromatic carbocycles. The molecule has 3 heterocycles. The van der Waals surface area contributed by atoms with Gasteiger partial charge in [0.05, 0.1) is 20.3 Å². The van der Waals surface area contributed by atoms with E-state index in [1.807, 2.05) is 22.9 Å². The topological polar surface area (TPSA) is 94.3 Å². The number of ether oxygens (including phenoxy) is 2. The normalized spacial score (nSPS) is 15.4. The lowest BCUT2D eigenvalue weighted by molar-refractivity contribution is 0.163. The highest BCUT2D eigenvalue weighted by Crippen LogP contribution is 2.29. The Bertz CT molecular complexity index is 1000. The van der Waals surface area contributed by atoms with E-state index in [0.717, 1.165) is 74.3 Å². The molecular weight excluding hydrogens is 420 g/mol. The van der Waals surface area contributed by atoms with Crippen molar-refractivity contribution in [2.45, 2.75) is 38.8 Å². The molecule has 0 spiro atoms.